The molecule has 1 amide bonds. The molecule has 0 saturated carbocycles. The molecule has 3 rings (SSSR count). The Morgan fingerprint density at radius 3 is 2.64 bits per heavy atom. The van der Waals surface area contributed by atoms with Crippen LogP contribution in [0.1, 0.15) is 22.3 Å². The van der Waals surface area contributed by atoms with E-state index in [9.17, 15) is 25.2 Å². The highest BCUT2D eigenvalue weighted by atomic mass is 16.7. The van der Waals surface area contributed by atoms with Gasteiger partial charge < -0.3 is 35.6 Å². The van der Waals surface area contributed by atoms with Crippen LogP contribution in [0.15, 0.2) is 12.1 Å². The maximum atomic E-state index is 11.7. The van der Waals surface area contributed by atoms with E-state index in [-0.39, 0.29) is 35.8 Å². The Balaban J connectivity index is 2.17. The number of benzene rings is 1. The molecule has 1 aliphatic heterocycles. The summed E-state index contributed by atoms with van der Waals surface area (Å²) >= 11 is 0. The summed E-state index contributed by atoms with van der Waals surface area (Å²) in [6.45, 7) is -0.104. The van der Waals surface area contributed by atoms with E-state index in [4.69, 9.17) is 15.2 Å². The number of amides is 1. The normalized spacial score (nSPS) is 26.7. The van der Waals surface area contributed by atoms with Gasteiger partial charge in [0.1, 0.15) is 12.2 Å². The first-order chi connectivity index (χ1) is 10.4. The molecule has 0 unspecified atom stereocenters. The van der Waals surface area contributed by atoms with E-state index in [1.54, 1.807) is 0 Å². The highest BCUT2D eigenvalue weighted by Gasteiger charge is 2.33. The standard InChI is InChI=1S/C14H15NO7/c15-14(20)10-6(3-9-13(12(10)19)22-4-21-9)5-1-7(16)11(18)8(17)2-5/h1,3,7-8,11,16-19H,2,4H2,(H2,15,20)/t7-,8-,11+/m0/s1. The fourth-order valence-electron chi connectivity index (χ4n) is 2.67. The van der Waals surface area contributed by atoms with Gasteiger partial charge in [-0.15, -0.1) is 0 Å². The third-order valence-corrected chi connectivity index (χ3v) is 3.78. The zero-order valence-corrected chi connectivity index (χ0v) is 11.4. The van der Waals surface area contributed by atoms with Crippen molar-refractivity contribution >= 4 is 11.5 Å². The van der Waals surface area contributed by atoms with Crippen LogP contribution < -0.4 is 15.2 Å². The third-order valence-electron chi connectivity index (χ3n) is 3.78. The molecule has 1 heterocycles. The number of aliphatic hydroxyl groups is 3. The number of hydrogen-bond acceptors (Lipinski definition) is 7. The number of nitrogens with two attached hydrogens (primary N) is 1. The summed E-state index contributed by atoms with van der Waals surface area (Å²) in [4.78, 5) is 11.7. The number of carbonyl (C=O) groups excluding carboxylic acids is 1. The zero-order valence-electron chi connectivity index (χ0n) is 11.4. The number of carbonyl (C=O) groups is 1. The van der Waals surface area contributed by atoms with Gasteiger partial charge >= 0.3 is 0 Å². The molecule has 8 nitrogen and oxygen atoms in total. The van der Waals surface area contributed by atoms with Gasteiger partial charge in [0.25, 0.3) is 5.91 Å². The fourth-order valence-corrected chi connectivity index (χ4v) is 2.67. The maximum absolute atomic E-state index is 11.7. The summed E-state index contributed by atoms with van der Waals surface area (Å²) in [5.74, 6) is -1.08. The van der Waals surface area contributed by atoms with Crippen LogP contribution in [-0.4, -0.2) is 51.4 Å². The second kappa shape index (κ2) is 5.16. The predicted molar refractivity (Wildman–Crippen MR) is 73.4 cm³/mol. The minimum absolute atomic E-state index is 0.0163. The van der Waals surface area contributed by atoms with Crippen LogP contribution in [0.2, 0.25) is 0 Å². The summed E-state index contributed by atoms with van der Waals surface area (Å²) in [7, 11) is 0. The summed E-state index contributed by atoms with van der Waals surface area (Å²) < 4.78 is 10.3. The molecule has 8 heteroatoms. The van der Waals surface area contributed by atoms with E-state index in [1.165, 1.54) is 12.1 Å². The van der Waals surface area contributed by atoms with Gasteiger partial charge in [0.05, 0.1) is 11.7 Å². The van der Waals surface area contributed by atoms with Gasteiger partial charge in [-0.3, -0.25) is 4.79 Å². The smallest absolute Gasteiger partial charge is 0.253 e. The third kappa shape index (κ3) is 2.17. The number of fused-ring (bicyclic) bond motifs is 1. The van der Waals surface area contributed by atoms with Crippen molar-refractivity contribution in [1.82, 2.24) is 0 Å². The van der Waals surface area contributed by atoms with E-state index in [1.807, 2.05) is 0 Å². The number of primary amides is 1. The Kier molecular flexibility index (Phi) is 3.44. The number of rotatable bonds is 2. The lowest BCUT2D eigenvalue weighted by Gasteiger charge is -2.28. The minimum Gasteiger partial charge on any atom is -0.504 e. The molecule has 118 valence electrons. The Morgan fingerprint density at radius 2 is 2.00 bits per heavy atom. The van der Waals surface area contributed by atoms with E-state index >= 15 is 0 Å². The highest BCUT2D eigenvalue weighted by Crippen LogP contribution is 2.46. The van der Waals surface area contributed by atoms with Gasteiger partial charge in [-0.1, -0.05) is 0 Å². The van der Waals surface area contributed by atoms with Gasteiger partial charge in [-0.25, -0.2) is 0 Å². The predicted octanol–water partition coefficient (Wildman–Crippen LogP) is -0.910. The minimum atomic E-state index is -1.32. The quantitative estimate of drug-likeness (QED) is 0.476. The highest BCUT2D eigenvalue weighted by molar-refractivity contribution is 6.02. The van der Waals surface area contributed by atoms with Crippen molar-refractivity contribution in [3.8, 4) is 17.2 Å². The molecule has 1 aliphatic carbocycles. The lowest BCUT2D eigenvalue weighted by molar-refractivity contribution is -0.0434. The molecule has 0 radical (unpaired) electrons. The molecule has 22 heavy (non-hydrogen) atoms. The first-order valence-electron chi connectivity index (χ1n) is 6.60. The number of aromatic hydroxyl groups is 1. The molecule has 3 atom stereocenters. The summed E-state index contributed by atoms with van der Waals surface area (Å²) in [6, 6.07) is 1.45. The Hall–Kier alpha value is -2.29. The first kappa shape index (κ1) is 14.6. The molecule has 6 N–H and O–H groups in total. The van der Waals surface area contributed by atoms with Gasteiger partial charge in [0.2, 0.25) is 12.5 Å². The van der Waals surface area contributed by atoms with E-state index in [2.05, 4.69) is 0 Å². The van der Waals surface area contributed by atoms with Crippen LogP contribution in [0.25, 0.3) is 5.57 Å². The second-order valence-corrected chi connectivity index (χ2v) is 5.19. The molecule has 2 aliphatic rings. The fraction of sp³-hybridized carbons (Fsp3) is 0.357. The molecule has 0 saturated heterocycles. The van der Waals surface area contributed by atoms with Gasteiger partial charge in [0, 0.05) is 6.42 Å². The van der Waals surface area contributed by atoms with Crippen molar-refractivity contribution in [3.63, 3.8) is 0 Å². The molecule has 1 aromatic rings. The summed E-state index contributed by atoms with van der Waals surface area (Å²) in [5, 5.41) is 39.3. The summed E-state index contributed by atoms with van der Waals surface area (Å²) in [6.07, 6.45) is -2.53. The van der Waals surface area contributed by atoms with Crippen molar-refractivity contribution in [2.75, 3.05) is 6.79 Å². The van der Waals surface area contributed by atoms with Gasteiger partial charge in [-0.2, -0.15) is 0 Å². The molecule has 0 fully saturated rings. The average Bonchev–Trinajstić information content (AvgIpc) is 2.92. The lowest BCUT2D eigenvalue weighted by Crippen LogP contribution is -2.39. The van der Waals surface area contributed by atoms with Crippen LogP contribution in [0, 0.1) is 0 Å². The van der Waals surface area contributed by atoms with Crippen molar-refractivity contribution in [2.24, 2.45) is 5.73 Å². The van der Waals surface area contributed by atoms with Crippen LogP contribution >= 0.6 is 0 Å². The second-order valence-electron chi connectivity index (χ2n) is 5.19. The van der Waals surface area contributed by atoms with Crippen LogP contribution in [-0.2, 0) is 0 Å². The Labute approximate surface area is 125 Å². The van der Waals surface area contributed by atoms with Crippen molar-refractivity contribution in [2.45, 2.75) is 24.7 Å². The van der Waals surface area contributed by atoms with Crippen molar-refractivity contribution in [1.29, 1.82) is 0 Å². The SMILES string of the molecule is NC(=O)c1c(C2=C[C@H](O)[C@@H](O)[C@@H](O)C2)cc2c(c1O)OCO2. The van der Waals surface area contributed by atoms with Gasteiger partial charge in [-0.05, 0) is 23.3 Å². The number of hydrogen-bond donors (Lipinski definition) is 5. The maximum Gasteiger partial charge on any atom is 0.253 e. The van der Waals surface area contributed by atoms with Crippen LogP contribution in [0.4, 0.5) is 0 Å². The van der Waals surface area contributed by atoms with Gasteiger partial charge in [0.15, 0.2) is 11.5 Å². The average molecular weight is 309 g/mol. The van der Waals surface area contributed by atoms with Crippen LogP contribution in [0.5, 0.6) is 17.2 Å². The topological polar surface area (TPSA) is 142 Å². The Morgan fingerprint density at radius 1 is 1.27 bits per heavy atom. The number of aliphatic hydroxyl groups excluding tert-OH is 3. The molecule has 0 aromatic heterocycles. The molecular weight excluding hydrogens is 294 g/mol. The monoisotopic (exact) mass is 309 g/mol. The van der Waals surface area contributed by atoms with Crippen molar-refractivity contribution in [3.05, 3.63) is 23.3 Å². The molecule has 1 aromatic carbocycles. The number of phenols is 1. The van der Waals surface area contributed by atoms with E-state index in [0.717, 1.165) is 0 Å². The number of ether oxygens (including phenoxy) is 2. The van der Waals surface area contributed by atoms with Crippen LogP contribution in [0.3, 0.4) is 0 Å². The first-order valence-corrected chi connectivity index (χ1v) is 6.60. The molecule has 0 bridgehead atoms. The molecular formula is C14H15NO7. The van der Waals surface area contributed by atoms with E-state index in [0.29, 0.717) is 5.57 Å². The zero-order chi connectivity index (χ0) is 16.0. The van der Waals surface area contributed by atoms with Crippen molar-refractivity contribution < 1.29 is 34.7 Å². The van der Waals surface area contributed by atoms with E-state index < -0.39 is 30.0 Å². The lowest BCUT2D eigenvalue weighted by atomic mass is 9.86. The summed E-state index contributed by atoms with van der Waals surface area (Å²) in [5.41, 5.74) is 5.72. The molecule has 0 spiro atoms. The largest absolute Gasteiger partial charge is 0.504 e. The Bertz CT molecular complexity index is 670.